The molecular weight excluding hydrogens is 248 g/mol. The van der Waals surface area contributed by atoms with Gasteiger partial charge in [0.25, 0.3) is 0 Å². The van der Waals surface area contributed by atoms with Crippen LogP contribution in [-0.2, 0) is 16.6 Å². The van der Waals surface area contributed by atoms with Crippen LogP contribution in [0.4, 0.5) is 5.69 Å². The lowest BCUT2D eigenvalue weighted by molar-refractivity contribution is -0.119. The van der Waals surface area contributed by atoms with Gasteiger partial charge in [-0.2, -0.15) is 0 Å². The number of aryl methyl sites for hydroxylation is 1. The number of fused-ring (bicyclic) bond motifs is 1. The number of hydrogen-bond acceptors (Lipinski definition) is 2. The zero-order chi connectivity index (χ0) is 14.3. The van der Waals surface area contributed by atoms with Gasteiger partial charge in [0.05, 0.1) is 5.41 Å². The monoisotopic (exact) mass is 266 g/mol. The van der Waals surface area contributed by atoms with Crippen LogP contribution >= 0.6 is 0 Å². The maximum Gasteiger partial charge on any atom is 0.234 e. The molecule has 1 amide bonds. The number of nitrogens with one attached hydrogen (secondary N) is 1. The first kappa shape index (κ1) is 12.9. The van der Waals surface area contributed by atoms with Crippen LogP contribution in [-0.4, -0.2) is 10.9 Å². The Morgan fingerprint density at radius 2 is 1.90 bits per heavy atom. The molecule has 3 nitrogen and oxygen atoms in total. The predicted octanol–water partition coefficient (Wildman–Crippen LogP) is 3.54. The highest BCUT2D eigenvalue weighted by atomic mass is 16.2. The molecule has 1 aromatic heterocycles. The zero-order valence-corrected chi connectivity index (χ0v) is 12.0. The first-order valence-corrected chi connectivity index (χ1v) is 6.93. The van der Waals surface area contributed by atoms with E-state index >= 15 is 0 Å². The standard InChI is InChI=1S/C17H18N2O/c1-4-13-9-12(7-8-18-13)11-5-6-14-15(10-11)19-16(20)17(14,2)3/h5-10H,4H2,1-3H3,(H,19,20). The highest BCUT2D eigenvalue weighted by Gasteiger charge is 2.38. The van der Waals surface area contributed by atoms with Crippen molar-refractivity contribution in [2.75, 3.05) is 5.32 Å². The van der Waals surface area contributed by atoms with Crippen LogP contribution in [0.5, 0.6) is 0 Å². The Morgan fingerprint density at radius 3 is 2.65 bits per heavy atom. The highest BCUT2D eigenvalue weighted by molar-refractivity contribution is 6.06. The molecule has 1 aliphatic heterocycles. The lowest BCUT2D eigenvalue weighted by Crippen LogP contribution is -2.26. The first-order valence-electron chi connectivity index (χ1n) is 6.93. The van der Waals surface area contributed by atoms with Gasteiger partial charge in [-0.25, -0.2) is 0 Å². The van der Waals surface area contributed by atoms with Crippen molar-refractivity contribution in [1.82, 2.24) is 4.98 Å². The minimum absolute atomic E-state index is 0.0635. The van der Waals surface area contributed by atoms with E-state index in [4.69, 9.17) is 0 Å². The SMILES string of the molecule is CCc1cc(-c2ccc3c(c2)NC(=O)C3(C)C)ccn1. The third kappa shape index (κ3) is 1.90. The van der Waals surface area contributed by atoms with E-state index in [2.05, 4.69) is 41.5 Å². The molecular formula is C17H18N2O. The minimum atomic E-state index is -0.444. The second kappa shape index (κ2) is 4.44. The number of hydrogen-bond donors (Lipinski definition) is 1. The third-order valence-corrected chi connectivity index (χ3v) is 4.02. The first-order chi connectivity index (χ1) is 9.52. The van der Waals surface area contributed by atoms with E-state index in [1.807, 2.05) is 26.1 Å². The average Bonchev–Trinajstić information content (AvgIpc) is 2.69. The van der Waals surface area contributed by atoms with Crippen molar-refractivity contribution in [1.29, 1.82) is 0 Å². The summed E-state index contributed by atoms with van der Waals surface area (Å²) in [6, 6.07) is 10.3. The molecule has 2 aromatic rings. The van der Waals surface area contributed by atoms with Gasteiger partial charge in [0.15, 0.2) is 0 Å². The van der Waals surface area contributed by atoms with Crippen molar-refractivity contribution in [2.24, 2.45) is 0 Å². The van der Waals surface area contributed by atoms with E-state index in [0.717, 1.165) is 34.5 Å². The van der Waals surface area contributed by atoms with Crippen molar-refractivity contribution in [3.05, 3.63) is 47.8 Å². The van der Waals surface area contributed by atoms with Crippen LogP contribution in [0.25, 0.3) is 11.1 Å². The Morgan fingerprint density at radius 1 is 1.15 bits per heavy atom. The summed E-state index contributed by atoms with van der Waals surface area (Å²) in [5.41, 5.74) is 4.87. The summed E-state index contributed by atoms with van der Waals surface area (Å²) < 4.78 is 0. The fourth-order valence-electron chi connectivity index (χ4n) is 2.62. The van der Waals surface area contributed by atoms with Gasteiger partial charge in [0.2, 0.25) is 5.91 Å². The number of carbonyl (C=O) groups is 1. The summed E-state index contributed by atoms with van der Waals surface area (Å²) in [5, 5.41) is 2.97. The van der Waals surface area contributed by atoms with E-state index in [1.165, 1.54) is 0 Å². The van der Waals surface area contributed by atoms with E-state index in [1.54, 1.807) is 0 Å². The average molecular weight is 266 g/mol. The van der Waals surface area contributed by atoms with Gasteiger partial charge in [-0.3, -0.25) is 9.78 Å². The summed E-state index contributed by atoms with van der Waals surface area (Å²) >= 11 is 0. The van der Waals surface area contributed by atoms with Gasteiger partial charge in [-0.05, 0) is 55.2 Å². The Balaban J connectivity index is 2.06. The summed E-state index contributed by atoms with van der Waals surface area (Å²) in [4.78, 5) is 16.3. The zero-order valence-electron chi connectivity index (χ0n) is 12.0. The lowest BCUT2D eigenvalue weighted by Gasteiger charge is -2.15. The maximum atomic E-state index is 12.0. The minimum Gasteiger partial charge on any atom is -0.325 e. The number of benzene rings is 1. The summed E-state index contributed by atoms with van der Waals surface area (Å²) in [7, 11) is 0. The van der Waals surface area contributed by atoms with E-state index in [0.29, 0.717) is 0 Å². The molecule has 2 heterocycles. The Hall–Kier alpha value is -2.16. The molecule has 0 aliphatic carbocycles. The number of nitrogens with zero attached hydrogens (tertiary/aromatic N) is 1. The second-order valence-electron chi connectivity index (χ2n) is 5.73. The molecule has 1 aromatic carbocycles. The maximum absolute atomic E-state index is 12.0. The molecule has 3 heteroatoms. The molecule has 0 unspecified atom stereocenters. The number of anilines is 1. The van der Waals surface area contributed by atoms with Crippen LogP contribution in [0, 0.1) is 0 Å². The molecule has 20 heavy (non-hydrogen) atoms. The van der Waals surface area contributed by atoms with Crippen molar-refractivity contribution in [3.8, 4) is 11.1 Å². The van der Waals surface area contributed by atoms with Crippen molar-refractivity contribution in [2.45, 2.75) is 32.6 Å². The topological polar surface area (TPSA) is 42.0 Å². The summed E-state index contributed by atoms with van der Waals surface area (Å²) in [6.07, 6.45) is 2.76. The van der Waals surface area contributed by atoms with Gasteiger partial charge in [-0.15, -0.1) is 0 Å². The molecule has 1 aliphatic rings. The Labute approximate surface area is 119 Å². The number of amides is 1. The molecule has 102 valence electrons. The van der Waals surface area contributed by atoms with Gasteiger partial charge >= 0.3 is 0 Å². The number of rotatable bonds is 2. The quantitative estimate of drug-likeness (QED) is 0.903. The van der Waals surface area contributed by atoms with Crippen LogP contribution in [0.2, 0.25) is 0 Å². The Kier molecular flexibility index (Phi) is 2.85. The molecule has 0 atom stereocenters. The number of aromatic nitrogens is 1. The van der Waals surface area contributed by atoms with Crippen LogP contribution in [0.3, 0.4) is 0 Å². The summed E-state index contributed by atoms with van der Waals surface area (Å²) in [6.45, 7) is 6.00. The van der Waals surface area contributed by atoms with Crippen molar-refractivity contribution < 1.29 is 4.79 Å². The molecule has 0 fully saturated rings. The van der Waals surface area contributed by atoms with Crippen LogP contribution < -0.4 is 5.32 Å². The van der Waals surface area contributed by atoms with Gasteiger partial charge in [0, 0.05) is 17.6 Å². The molecule has 0 saturated heterocycles. The summed E-state index contributed by atoms with van der Waals surface area (Å²) in [5.74, 6) is 0.0635. The van der Waals surface area contributed by atoms with Crippen molar-refractivity contribution >= 4 is 11.6 Å². The smallest absolute Gasteiger partial charge is 0.234 e. The van der Waals surface area contributed by atoms with Gasteiger partial charge in [0.1, 0.15) is 0 Å². The van der Waals surface area contributed by atoms with Crippen LogP contribution in [0.15, 0.2) is 36.5 Å². The molecule has 0 spiro atoms. The van der Waals surface area contributed by atoms with E-state index < -0.39 is 5.41 Å². The molecule has 0 bridgehead atoms. The fraction of sp³-hybridized carbons (Fsp3) is 0.294. The second-order valence-corrected chi connectivity index (χ2v) is 5.73. The van der Waals surface area contributed by atoms with Gasteiger partial charge in [-0.1, -0.05) is 19.1 Å². The number of pyridine rings is 1. The Bertz CT molecular complexity index is 689. The van der Waals surface area contributed by atoms with Crippen molar-refractivity contribution in [3.63, 3.8) is 0 Å². The third-order valence-electron chi connectivity index (χ3n) is 4.02. The van der Waals surface area contributed by atoms with E-state index in [9.17, 15) is 4.79 Å². The molecule has 3 rings (SSSR count). The normalized spacial score (nSPS) is 15.8. The molecule has 0 radical (unpaired) electrons. The van der Waals surface area contributed by atoms with Gasteiger partial charge < -0.3 is 5.32 Å². The van der Waals surface area contributed by atoms with E-state index in [-0.39, 0.29) is 5.91 Å². The highest BCUT2D eigenvalue weighted by Crippen LogP contribution is 2.39. The molecule has 1 N–H and O–H groups in total. The van der Waals surface area contributed by atoms with Crippen LogP contribution in [0.1, 0.15) is 32.0 Å². The fourth-order valence-corrected chi connectivity index (χ4v) is 2.62. The number of carbonyl (C=O) groups excluding carboxylic acids is 1. The predicted molar refractivity (Wildman–Crippen MR) is 80.7 cm³/mol. The lowest BCUT2D eigenvalue weighted by atomic mass is 9.85. The largest absolute Gasteiger partial charge is 0.325 e. The molecule has 0 saturated carbocycles.